The molecule has 0 aliphatic carbocycles. The van der Waals surface area contributed by atoms with E-state index in [-0.39, 0.29) is 13.0 Å². The summed E-state index contributed by atoms with van der Waals surface area (Å²) in [6.45, 7) is 4.32. The lowest BCUT2D eigenvalue weighted by molar-refractivity contribution is -0.139. The molecule has 2 N–H and O–H groups in total. The molecule has 158 valence electrons. The number of amides is 1. The minimum absolute atomic E-state index is 0.0819. The Kier molecular flexibility index (Phi) is 7.21. The highest BCUT2D eigenvalue weighted by Crippen LogP contribution is 2.42. The minimum Gasteiger partial charge on any atom is -0.494 e. The third-order valence-corrected chi connectivity index (χ3v) is 4.78. The van der Waals surface area contributed by atoms with Crippen LogP contribution in [0.15, 0.2) is 72.2 Å². The van der Waals surface area contributed by atoms with E-state index in [9.17, 15) is 4.79 Å². The van der Waals surface area contributed by atoms with Crippen molar-refractivity contribution in [3.63, 3.8) is 0 Å². The maximum atomic E-state index is 13.0. The lowest BCUT2D eigenvalue weighted by Crippen LogP contribution is -2.47. The number of hydrogen-bond donors (Lipinski definition) is 2. The highest BCUT2D eigenvalue weighted by Gasteiger charge is 2.52. The Morgan fingerprint density at radius 3 is 2.63 bits per heavy atom. The Morgan fingerprint density at radius 2 is 2.00 bits per heavy atom. The van der Waals surface area contributed by atoms with Gasteiger partial charge in [0.2, 0.25) is 5.90 Å². The number of carbonyl (C=O) groups excluding carboxylic acids is 1. The van der Waals surface area contributed by atoms with Crippen molar-refractivity contribution in [1.29, 1.82) is 0 Å². The Morgan fingerprint density at radius 1 is 1.27 bits per heavy atom. The molecule has 0 saturated heterocycles. The van der Waals surface area contributed by atoms with E-state index in [0.717, 1.165) is 11.1 Å². The molecule has 2 aromatic rings. The fourth-order valence-corrected chi connectivity index (χ4v) is 3.34. The first-order valence-corrected chi connectivity index (χ1v) is 9.74. The molecule has 0 radical (unpaired) electrons. The van der Waals surface area contributed by atoms with Gasteiger partial charge in [0.25, 0.3) is 5.91 Å². The Bertz CT molecular complexity index is 882. The number of nitrogens with zero attached hydrogens (tertiary/aromatic N) is 1. The van der Waals surface area contributed by atoms with Crippen LogP contribution in [0.1, 0.15) is 30.1 Å². The van der Waals surface area contributed by atoms with Crippen molar-refractivity contribution in [2.24, 2.45) is 4.99 Å². The van der Waals surface area contributed by atoms with Crippen molar-refractivity contribution >= 4 is 11.8 Å². The number of hydrogen-bond acceptors (Lipinski definition) is 6. The van der Waals surface area contributed by atoms with E-state index in [1.807, 2.05) is 42.5 Å². The van der Waals surface area contributed by atoms with Crippen molar-refractivity contribution in [2.75, 3.05) is 20.3 Å². The van der Waals surface area contributed by atoms with Gasteiger partial charge in [-0.25, -0.2) is 10.5 Å². The number of ether oxygens (including phenoxy) is 2. The van der Waals surface area contributed by atoms with Crippen molar-refractivity contribution < 1.29 is 24.2 Å². The van der Waals surface area contributed by atoms with Gasteiger partial charge in [0.15, 0.2) is 11.6 Å². The summed E-state index contributed by atoms with van der Waals surface area (Å²) in [6, 6.07) is 16.8. The second-order valence-corrected chi connectivity index (χ2v) is 6.83. The molecule has 0 unspecified atom stereocenters. The fraction of sp³-hybridized carbons (Fsp3) is 0.304. The zero-order chi connectivity index (χ0) is 21.4. The van der Waals surface area contributed by atoms with Crippen LogP contribution < -0.4 is 10.2 Å². The summed E-state index contributed by atoms with van der Waals surface area (Å²) in [5, 5.41) is 8.87. The van der Waals surface area contributed by atoms with Crippen LogP contribution >= 0.6 is 0 Å². The second kappa shape index (κ2) is 10.0. The van der Waals surface area contributed by atoms with E-state index < -0.39 is 17.6 Å². The van der Waals surface area contributed by atoms with Gasteiger partial charge in [0.05, 0.1) is 13.7 Å². The predicted octanol–water partition coefficient (Wildman–Crippen LogP) is 2.96. The maximum absolute atomic E-state index is 13.0. The van der Waals surface area contributed by atoms with E-state index >= 15 is 0 Å². The van der Waals surface area contributed by atoms with Gasteiger partial charge in [-0.1, -0.05) is 36.4 Å². The summed E-state index contributed by atoms with van der Waals surface area (Å²) in [5.41, 5.74) is 2.71. The highest BCUT2D eigenvalue weighted by molar-refractivity contribution is 6.00. The number of hydroxylamine groups is 1. The van der Waals surface area contributed by atoms with Crippen LogP contribution in [0.25, 0.3) is 0 Å². The molecule has 0 bridgehead atoms. The number of aliphatic imine (C=N–C) groups is 1. The molecule has 0 fully saturated rings. The van der Waals surface area contributed by atoms with Crippen molar-refractivity contribution in [3.05, 3.63) is 78.4 Å². The van der Waals surface area contributed by atoms with E-state index in [1.54, 1.807) is 18.2 Å². The zero-order valence-corrected chi connectivity index (χ0v) is 16.9. The lowest BCUT2D eigenvalue weighted by atomic mass is 9.85. The maximum Gasteiger partial charge on any atom is 0.276 e. The van der Waals surface area contributed by atoms with Crippen LogP contribution in [0.4, 0.5) is 0 Å². The van der Waals surface area contributed by atoms with E-state index in [2.05, 4.69) is 12.1 Å². The number of nitrogens with one attached hydrogen (secondary N) is 1. The van der Waals surface area contributed by atoms with Gasteiger partial charge in [0.1, 0.15) is 5.75 Å². The summed E-state index contributed by atoms with van der Waals surface area (Å²) in [5.74, 6) is 0.636. The molecule has 7 nitrogen and oxygen atoms in total. The molecule has 2 aromatic carbocycles. The van der Waals surface area contributed by atoms with Gasteiger partial charge in [-0.05, 0) is 29.8 Å². The van der Waals surface area contributed by atoms with E-state index in [1.165, 1.54) is 7.11 Å². The molecule has 1 amide bonds. The topological polar surface area (TPSA) is 89.4 Å². The largest absolute Gasteiger partial charge is 0.494 e. The SMILES string of the molecule is C=CC[C@]1(C(=O)NOC)N=C(c2ccc(OCCCO)cc2)O[C@H]1c1ccccc1. The van der Waals surface area contributed by atoms with Gasteiger partial charge in [0, 0.05) is 25.0 Å². The Labute approximate surface area is 176 Å². The molecular formula is C23H26N2O5. The summed E-state index contributed by atoms with van der Waals surface area (Å²) in [7, 11) is 1.38. The molecule has 7 heteroatoms. The lowest BCUT2D eigenvalue weighted by Gasteiger charge is -2.29. The number of aliphatic hydroxyl groups excluding tert-OH is 1. The van der Waals surface area contributed by atoms with Crippen LogP contribution in [0.5, 0.6) is 5.75 Å². The molecule has 3 rings (SSSR count). The molecule has 0 saturated carbocycles. The quantitative estimate of drug-likeness (QED) is 0.357. The first kappa shape index (κ1) is 21.5. The van der Waals surface area contributed by atoms with Crippen molar-refractivity contribution in [3.8, 4) is 5.75 Å². The predicted molar refractivity (Wildman–Crippen MR) is 113 cm³/mol. The van der Waals surface area contributed by atoms with Crippen molar-refractivity contribution in [1.82, 2.24) is 5.48 Å². The molecule has 1 heterocycles. The molecule has 0 spiro atoms. The third kappa shape index (κ3) is 4.53. The average Bonchev–Trinajstić information content (AvgIpc) is 3.16. The smallest absolute Gasteiger partial charge is 0.276 e. The normalized spacial score (nSPS) is 20.2. The third-order valence-electron chi connectivity index (χ3n) is 4.78. The van der Waals surface area contributed by atoms with Crippen LogP contribution in [-0.2, 0) is 14.4 Å². The van der Waals surface area contributed by atoms with Gasteiger partial charge in [-0.15, -0.1) is 6.58 Å². The van der Waals surface area contributed by atoms with Gasteiger partial charge in [-0.2, -0.15) is 0 Å². The summed E-state index contributed by atoms with van der Waals surface area (Å²) < 4.78 is 11.8. The number of benzene rings is 2. The van der Waals surface area contributed by atoms with Gasteiger partial charge in [-0.3, -0.25) is 9.63 Å². The zero-order valence-electron chi connectivity index (χ0n) is 16.9. The van der Waals surface area contributed by atoms with Crippen molar-refractivity contribution in [2.45, 2.75) is 24.5 Å². The van der Waals surface area contributed by atoms with Gasteiger partial charge < -0.3 is 14.6 Å². The summed E-state index contributed by atoms with van der Waals surface area (Å²) in [6.07, 6.45) is 1.85. The molecule has 1 aliphatic rings. The summed E-state index contributed by atoms with van der Waals surface area (Å²) >= 11 is 0. The first-order valence-electron chi connectivity index (χ1n) is 9.74. The average molecular weight is 410 g/mol. The highest BCUT2D eigenvalue weighted by atomic mass is 16.6. The molecule has 2 atom stereocenters. The standard InChI is InChI=1S/C23H26N2O5/c1-3-14-23(22(27)25-28-2)20(17-8-5-4-6-9-17)30-21(24-23)18-10-12-19(13-11-18)29-16-7-15-26/h3-6,8-13,20,26H,1,7,14-16H2,2H3,(H,25,27)/t20-,23-/m0/s1. The Balaban J connectivity index is 1.95. The molecule has 1 aliphatic heterocycles. The van der Waals surface area contributed by atoms with E-state index in [4.69, 9.17) is 24.4 Å². The molecule has 30 heavy (non-hydrogen) atoms. The number of aliphatic hydroxyl groups is 1. The monoisotopic (exact) mass is 410 g/mol. The van der Waals surface area contributed by atoms with Crippen LogP contribution in [0, 0.1) is 0 Å². The van der Waals surface area contributed by atoms with E-state index in [0.29, 0.717) is 24.7 Å². The molecule has 0 aromatic heterocycles. The molecular weight excluding hydrogens is 384 g/mol. The Hall–Kier alpha value is -3.16. The number of carbonyl (C=O) groups is 1. The second-order valence-electron chi connectivity index (χ2n) is 6.83. The van der Waals surface area contributed by atoms with Crippen LogP contribution in [0.3, 0.4) is 0 Å². The minimum atomic E-state index is -1.25. The number of rotatable bonds is 10. The van der Waals surface area contributed by atoms with Crippen LogP contribution in [0.2, 0.25) is 0 Å². The van der Waals surface area contributed by atoms with Gasteiger partial charge >= 0.3 is 0 Å². The summed E-state index contributed by atoms with van der Waals surface area (Å²) in [4.78, 5) is 22.6. The first-order chi connectivity index (χ1) is 14.6. The van der Waals surface area contributed by atoms with Crippen LogP contribution in [-0.4, -0.2) is 42.8 Å². The fourth-order valence-electron chi connectivity index (χ4n) is 3.34.